The van der Waals surface area contributed by atoms with Gasteiger partial charge in [-0.3, -0.25) is 9.59 Å². The van der Waals surface area contributed by atoms with E-state index in [0.29, 0.717) is 10.8 Å². The molecule has 6 heteroatoms. The SMILES string of the molecule is CCc1nc(NC(=O)[C@@H]2CC(=O)Nc3ccccc32)sc1C. The molecule has 3 rings (SSSR count). The zero-order valence-corrected chi connectivity index (χ0v) is 13.3. The Kier molecular flexibility index (Phi) is 3.94. The molecule has 0 saturated carbocycles. The van der Waals surface area contributed by atoms with Gasteiger partial charge in [0.1, 0.15) is 0 Å². The van der Waals surface area contributed by atoms with Gasteiger partial charge >= 0.3 is 0 Å². The highest BCUT2D eigenvalue weighted by Gasteiger charge is 2.30. The molecule has 0 saturated heterocycles. The molecule has 2 amide bonds. The minimum Gasteiger partial charge on any atom is -0.326 e. The topological polar surface area (TPSA) is 71.1 Å². The molecule has 0 unspecified atom stereocenters. The monoisotopic (exact) mass is 315 g/mol. The Morgan fingerprint density at radius 2 is 2.23 bits per heavy atom. The first-order chi connectivity index (χ1) is 10.6. The molecule has 2 aromatic rings. The fraction of sp³-hybridized carbons (Fsp3) is 0.312. The van der Waals surface area contributed by atoms with Crippen LogP contribution < -0.4 is 10.6 Å². The average Bonchev–Trinajstić information content (AvgIpc) is 2.85. The predicted molar refractivity (Wildman–Crippen MR) is 87.3 cm³/mol. The van der Waals surface area contributed by atoms with Gasteiger partial charge < -0.3 is 10.6 Å². The number of para-hydroxylation sites is 1. The number of carbonyl (C=O) groups is 2. The van der Waals surface area contributed by atoms with E-state index >= 15 is 0 Å². The van der Waals surface area contributed by atoms with E-state index < -0.39 is 5.92 Å². The van der Waals surface area contributed by atoms with Gasteiger partial charge in [-0.25, -0.2) is 4.98 Å². The van der Waals surface area contributed by atoms with Crippen molar-refractivity contribution >= 4 is 34.0 Å². The van der Waals surface area contributed by atoms with Crippen molar-refractivity contribution in [2.24, 2.45) is 0 Å². The normalized spacial score (nSPS) is 16.8. The van der Waals surface area contributed by atoms with Gasteiger partial charge in [-0.2, -0.15) is 0 Å². The maximum absolute atomic E-state index is 12.6. The molecule has 22 heavy (non-hydrogen) atoms. The van der Waals surface area contributed by atoms with Gasteiger partial charge in [-0.1, -0.05) is 25.1 Å². The van der Waals surface area contributed by atoms with Crippen LogP contribution in [0.1, 0.15) is 35.4 Å². The highest BCUT2D eigenvalue weighted by molar-refractivity contribution is 7.15. The third-order valence-corrected chi connectivity index (χ3v) is 4.70. The van der Waals surface area contributed by atoms with Crippen LogP contribution in [-0.4, -0.2) is 16.8 Å². The molecular formula is C16H17N3O2S. The summed E-state index contributed by atoms with van der Waals surface area (Å²) in [6.45, 7) is 4.03. The van der Waals surface area contributed by atoms with Gasteiger partial charge in [0.15, 0.2) is 5.13 Å². The van der Waals surface area contributed by atoms with Crippen LogP contribution in [0, 0.1) is 6.92 Å². The Morgan fingerprint density at radius 1 is 1.45 bits per heavy atom. The van der Waals surface area contributed by atoms with Gasteiger partial charge in [-0.15, -0.1) is 11.3 Å². The van der Waals surface area contributed by atoms with E-state index in [0.717, 1.165) is 22.6 Å². The number of hydrogen-bond acceptors (Lipinski definition) is 4. The summed E-state index contributed by atoms with van der Waals surface area (Å²) in [5.74, 6) is -0.790. The van der Waals surface area contributed by atoms with Crippen molar-refractivity contribution in [1.82, 2.24) is 4.98 Å². The second-order valence-corrected chi connectivity index (χ2v) is 6.46. The van der Waals surface area contributed by atoms with E-state index in [4.69, 9.17) is 0 Å². The minimum absolute atomic E-state index is 0.136. The Morgan fingerprint density at radius 3 is 2.95 bits per heavy atom. The van der Waals surface area contributed by atoms with Crippen LogP contribution in [0.25, 0.3) is 0 Å². The molecule has 0 spiro atoms. The molecule has 0 aliphatic carbocycles. The van der Waals surface area contributed by atoms with E-state index in [2.05, 4.69) is 15.6 Å². The maximum atomic E-state index is 12.6. The van der Waals surface area contributed by atoms with Crippen molar-refractivity contribution in [2.75, 3.05) is 10.6 Å². The maximum Gasteiger partial charge on any atom is 0.234 e. The number of benzene rings is 1. The summed E-state index contributed by atoms with van der Waals surface area (Å²) in [7, 11) is 0. The van der Waals surface area contributed by atoms with Crippen molar-refractivity contribution in [2.45, 2.75) is 32.6 Å². The number of anilines is 2. The van der Waals surface area contributed by atoms with Crippen LogP contribution in [0.4, 0.5) is 10.8 Å². The van der Waals surface area contributed by atoms with Crippen molar-refractivity contribution in [3.63, 3.8) is 0 Å². The summed E-state index contributed by atoms with van der Waals surface area (Å²) in [6, 6.07) is 7.41. The molecule has 2 heterocycles. The van der Waals surface area contributed by atoms with Gasteiger partial charge in [0.2, 0.25) is 11.8 Å². The number of nitrogens with one attached hydrogen (secondary N) is 2. The fourth-order valence-corrected chi connectivity index (χ4v) is 3.55. The molecular weight excluding hydrogens is 298 g/mol. The molecule has 1 atom stereocenters. The molecule has 0 radical (unpaired) electrons. The fourth-order valence-electron chi connectivity index (χ4n) is 2.65. The number of fused-ring (bicyclic) bond motifs is 1. The Balaban J connectivity index is 1.84. The summed E-state index contributed by atoms with van der Waals surface area (Å²) in [5.41, 5.74) is 2.56. The summed E-state index contributed by atoms with van der Waals surface area (Å²) in [5, 5.41) is 6.26. The summed E-state index contributed by atoms with van der Waals surface area (Å²) >= 11 is 1.47. The zero-order chi connectivity index (χ0) is 15.7. The molecule has 2 N–H and O–H groups in total. The van der Waals surface area contributed by atoms with E-state index in [9.17, 15) is 9.59 Å². The molecule has 0 bridgehead atoms. The highest BCUT2D eigenvalue weighted by Crippen LogP contribution is 2.33. The molecule has 1 aromatic heterocycles. The van der Waals surface area contributed by atoms with E-state index in [1.807, 2.05) is 38.1 Å². The Hall–Kier alpha value is -2.21. The van der Waals surface area contributed by atoms with Crippen molar-refractivity contribution in [3.05, 3.63) is 40.4 Å². The number of nitrogens with zero attached hydrogens (tertiary/aromatic N) is 1. The number of amides is 2. The first-order valence-corrected chi connectivity index (χ1v) is 8.06. The van der Waals surface area contributed by atoms with Gasteiger partial charge in [-0.05, 0) is 25.0 Å². The van der Waals surface area contributed by atoms with E-state index in [1.54, 1.807) is 0 Å². The number of aromatic nitrogens is 1. The summed E-state index contributed by atoms with van der Waals surface area (Å²) in [4.78, 5) is 29.9. The third-order valence-electron chi connectivity index (χ3n) is 3.77. The lowest BCUT2D eigenvalue weighted by molar-refractivity contribution is -0.123. The van der Waals surface area contributed by atoms with Crippen molar-refractivity contribution in [3.8, 4) is 0 Å². The van der Waals surface area contributed by atoms with Crippen molar-refractivity contribution in [1.29, 1.82) is 0 Å². The van der Waals surface area contributed by atoms with Crippen LogP contribution in [0.5, 0.6) is 0 Å². The second-order valence-electron chi connectivity index (χ2n) is 5.26. The number of aryl methyl sites for hydroxylation is 2. The van der Waals surface area contributed by atoms with Gasteiger partial charge in [0.25, 0.3) is 0 Å². The molecule has 1 aromatic carbocycles. The highest BCUT2D eigenvalue weighted by atomic mass is 32.1. The molecule has 114 valence electrons. The number of rotatable bonds is 3. The molecule has 1 aliphatic rings. The smallest absolute Gasteiger partial charge is 0.234 e. The number of carbonyl (C=O) groups excluding carboxylic acids is 2. The average molecular weight is 315 g/mol. The Labute approximate surface area is 132 Å². The summed E-state index contributed by atoms with van der Waals surface area (Å²) < 4.78 is 0. The van der Waals surface area contributed by atoms with Crippen LogP contribution in [0.2, 0.25) is 0 Å². The standard InChI is InChI=1S/C16H17N3O2S/c1-3-12-9(2)22-16(18-12)19-15(21)11-8-14(20)17-13-7-5-4-6-10(11)13/h4-7,11H,3,8H2,1-2H3,(H,17,20)(H,18,19,21)/t11-/m1/s1. The molecule has 0 fully saturated rings. The lowest BCUT2D eigenvalue weighted by Gasteiger charge is -2.24. The minimum atomic E-state index is -0.473. The van der Waals surface area contributed by atoms with Gasteiger partial charge in [0.05, 0.1) is 11.6 Å². The number of thiazole rings is 1. The van der Waals surface area contributed by atoms with Crippen LogP contribution in [0.15, 0.2) is 24.3 Å². The van der Waals surface area contributed by atoms with E-state index in [1.165, 1.54) is 11.3 Å². The summed E-state index contributed by atoms with van der Waals surface area (Å²) in [6.07, 6.45) is 1.00. The van der Waals surface area contributed by atoms with E-state index in [-0.39, 0.29) is 18.2 Å². The Bertz CT molecular complexity index is 739. The molecule has 5 nitrogen and oxygen atoms in total. The van der Waals surface area contributed by atoms with Crippen LogP contribution in [0.3, 0.4) is 0 Å². The largest absolute Gasteiger partial charge is 0.326 e. The lowest BCUT2D eigenvalue weighted by atomic mass is 9.90. The first-order valence-electron chi connectivity index (χ1n) is 7.24. The predicted octanol–water partition coefficient (Wildman–Crippen LogP) is 3.08. The van der Waals surface area contributed by atoms with Crippen LogP contribution >= 0.6 is 11.3 Å². The number of hydrogen-bond donors (Lipinski definition) is 2. The first kappa shape index (κ1) is 14.7. The lowest BCUT2D eigenvalue weighted by Crippen LogP contribution is -2.30. The van der Waals surface area contributed by atoms with Crippen molar-refractivity contribution < 1.29 is 9.59 Å². The third kappa shape index (κ3) is 2.74. The van der Waals surface area contributed by atoms with Crippen LogP contribution in [-0.2, 0) is 16.0 Å². The zero-order valence-electron chi connectivity index (χ0n) is 12.5. The quantitative estimate of drug-likeness (QED) is 0.914. The molecule has 1 aliphatic heterocycles. The van der Waals surface area contributed by atoms with Gasteiger partial charge in [0, 0.05) is 17.0 Å². The second kappa shape index (κ2) is 5.88.